The van der Waals surface area contributed by atoms with Crippen molar-refractivity contribution in [2.45, 2.75) is 27.7 Å². The zero-order valence-electron chi connectivity index (χ0n) is 10.1. The van der Waals surface area contributed by atoms with E-state index in [4.69, 9.17) is 0 Å². The lowest BCUT2D eigenvalue weighted by molar-refractivity contribution is -0.120. The first-order valence-electron chi connectivity index (χ1n) is 5.29. The van der Waals surface area contributed by atoms with Crippen molar-refractivity contribution in [3.05, 3.63) is 21.4 Å². The average Bonchev–Trinajstić information content (AvgIpc) is 2.55. The smallest absolute Gasteiger partial charge is 0.261 e. The minimum atomic E-state index is -0.157. The summed E-state index contributed by atoms with van der Waals surface area (Å²) in [6, 6.07) is 1.86. The Bertz CT molecular complexity index is 388. The third-order valence-corrected chi connectivity index (χ3v) is 3.61. The molecule has 0 aliphatic rings. The number of hydrogen-bond donors (Lipinski definition) is 1. The quantitative estimate of drug-likeness (QED) is 0.876. The second-order valence-corrected chi connectivity index (χ2v) is 5.41. The maximum Gasteiger partial charge on any atom is 0.261 e. The van der Waals surface area contributed by atoms with Crippen LogP contribution in [0.4, 0.5) is 0 Å². The Labute approximate surface area is 99.9 Å². The number of thiophene rings is 1. The van der Waals surface area contributed by atoms with E-state index in [9.17, 15) is 9.59 Å². The van der Waals surface area contributed by atoms with Gasteiger partial charge in [0, 0.05) is 10.8 Å². The number of carbonyl (C=O) groups is 2. The Morgan fingerprint density at radius 1 is 1.38 bits per heavy atom. The van der Waals surface area contributed by atoms with Crippen LogP contribution in [0.1, 0.15) is 34.0 Å². The molecule has 1 aromatic rings. The Balaban J connectivity index is 2.56. The van der Waals surface area contributed by atoms with Crippen molar-refractivity contribution in [2.75, 3.05) is 6.54 Å². The lowest BCUT2D eigenvalue weighted by atomic mass is 10.1. The molecule has 0 spiro atoms. The number of Topliss-reactive ketones (excluding diaryl/α,β-unsaturated/α-hetero) is 1. The molecule has 1 N–H and O–H groups in total. The molecule has 0 aliphatic heterocycles. The predicted octanol–water partition coefficient (Wildman–Crippen LogP) is 2.32. The van der Waals surface area contributed by atoms with Crippen molar-refractivity contribution in [2.24, 2.45) is 5.92 Å². The molecule has 0 saturated heterocycles. The molecule has 1 aromatic heterocycles. The average molecular weight is 239 g/mol. The Morgan fingerprint density at radius 2 is 2.00 bits per heavy atom. The summed E-state index contributed by atoms with van der Waals surface area (Å²) in [6.45, 7) is 7.73. The highest BCUT2D eigenvalue weighted by Crippen LogP contribution is 2.20. The van der Waals surface area contributed by atoms with Crippen molar-refractivity contribution >= 4 is 23.0 Å². The molecule has 0 radical (unpaired) electrons. The molecule has 0 bridgehead atoms. The molecule has 0 aliphatic carbocycles. The lowest BCUT2D eigenvalue weighted by Gasteiger charge is -2.04. The van der Waals surface area contributed by atoms with Crippen LogP contribution in [0.5, 0.6) is 0 Å². The van der Waals surface area contributed by atoms with Crippen LogP contribution in [-0.4, -0.2) is 18.2 Å². The number of nitrogens with one attached hydrogen (secondary N) is 1. The van der Waals surface area contributed by atoms with Crippen LogP contribution in [0.25, 0.3) is 0 Å². The summed E-state index contributed by atoms with van der Waals surface area (Å²) in [7, 11) is 0. The van der Waals surface area contributed by atoms with Crippen molar-refractivity contribution in [3.8, 4) is 0 Å². The Hall–Kier alpha value is -1.16. The fourth-order valence-electron chi connectivity index (χ4n) is 1.14. The monoisotopic (exact) mass is 239 g/mol. The van der Waals surface area contributed by atoms with Crippen LogP contribution in [0, 0.1) is 19.8 Å². The molecule has 0 saturated carbocycles. The fourth-order valence-corrected chi connectivity index (χ4v) is 2.09. The number of aryl methyl sites for hydroxylation is 2. The summed E-state index contributed by atoms with van der Waals surface area (Å²) >= 11 is 1.46. The number of rotatable bonds is 4. The van der Waals surface area contributed by atoms with Gasteiger partial charge in [-0.1, -0.05) is 13.8 Å². The van der Waals surface area contributed by atoms with E-state index in [2.05, 4.69) is 5.32 Å². The van der Waals surface area contributed by atoms with E-state index >= 15 is 0 Å². The highest BCUT2D eigenvalue weighted by molar-refractivity contribution is 7.14. The van der Waals surface area contributed by atoms with Crippen molar-refractivity contribution in [1.29, 1.82) is 0 Å². The van der Waals surface area contributed by atoms with Crippen LogP contribution >= 0.6 is 11.3 Å². The zero-order chi connectivity index (χ0) is 12.3. The summed E-state index contributed by atoms with van der Waals surface area (Å²) < 4.78 is 0. The van der Waals surface area contributed by atoms with Gasteiger partial charge in [0.2, 0.25) is 0 Å². The van der Waals surface area contributed by atoms with Crippen LogP contribution in [-0.2, 0) is 4.79 Å². The summed E-state index contributed by atoms with van der Waals surface area (Å²) in [4.78, 5) is 24.8. The normalized spacial score (nSPS) is 10.6. The van der Waals surface area contributed by atoms with E-state index in [0.717, 1.165) is 10.4 Å². The highest BCUT2D eigenvalue weighted by atomic mass is 32.1. The zero-order valence-corrected chi connectivity index (χ0v) is 10.9. The molecule has 0 fully saturated rings. The highest BCUT2D eigenvalue weighted by Gasteiger charge is 2.13. The molecule has 1 rings (SSSR count). The van der Waals surface area contributed by atoms with Gasteiger partial charge in [-0.15, -0.1) is 11.3 Å². The molecule has 1 heterocycles. The molecule has 4 heteroatoms. The third kappa shape index (κ3) is 3.17. The van der Waals surface area contributed by atoms with Gasteiger partial charge in [0.15, 0.2) is 5.78 Å². The van der Waals surface area contributed by atoms with E-state index in [1.807, 2.05) is 33.8 Å². The Kier molecular flexibility index (Phi) is 4.24. The van der Waals surface area contributed by atoms with Gasteiger partial charge in [0.05, 0.1) is 11.4 Å². The second kappa shape index (κ2) is 5.25. The van der Waals surface area contributed by atoms with E-state index in [-0.39, 0.29) is 24.2 Å². The largest absolute Gasteiger partial charge is 0.344 e. The third-order valence-electron chi connectivity index (χ3n) is 2.46. The molecule has 0 unspecified atom stereocenters. The first-order chi connectivity index (χ1) is 7.41. The molecule has 88 valence electrons. The van der Waals surface area contributed by atoms with E-state index in [0.29, 0.717) is 4.88 Å². The first-order valence-corrected chi connectivity index (χ1v) is 6.11. The van der Waals surface area contributed by atoms with Crippen LogP contribution < -0.4 is 5.32 Å². The molecule has 0 aromatic carbocycles. The van der Waals surface area contributed by atoms with Crippen LogP contribution in [0.3, 0.4) is 0 Å². The molecular weight excluding hydrogens is 222 g/mol. The van der Waals surface area contributed by atoms with Gasteiger partial charge in [-0.25, -0.2) is 0 Å². The van der Waals surface area contributed by atoms with Crippen molar-refractivity contribution < 1.29 is 9.59 Å². The summed E-state index contributed by atoms with van der Waals surface area (Å²) in [5.41, 5.74) is 1.12. The number of carbonyl (C=O) groups excluding carboxylic acids is 2. The number of hydrogen-bond acceptors (Lipinski definition) is 3. The summed E-state index contributed by atoms with van der Waals surface area (Å²) in [5, 5.41) is 2.64. The van der Waals surface area contributed by atoms with E-state index in [1.54, 1.807) is 0 Å². The van der Waals surface area contributed by atoms with Gasteiger partial charge in [0.25, 0.3) is 5.91 Å². The standard InChI is InChI=1S/C12H17NO2S/c1-7(2)10(14)6-13-12(15)11-5-8(3)9(4)16-11/h5,7H,6H2,1-4H3,(H,13,15). The van der Waals surface area contributed by atoms with E-state index in [1.165, 1.54) is 11.3 Å². The van der Waals surface area contributed by atoms with Crippen molar-refractivity contribution in [3.63, 3.8) is 0 Å². The second-order valence-electron chi connectivity index (χ2n) is 4.15. The topological polar surface area (TPSA) is 46.2 Å². The molecule has 1 amide bonds. The van der Waals surface area contributed by atoms with Gasteiger partial charge in [0.1, 0.15) is 0 Å². The SMILES string of the molecule is Cc1cc(C(=O)NCC(=O)C(C)C)sc1C. The van der Waals surface area contributed by atoms with Gasteiger partial charge in [-0.2, -0.15) is 0 Å². The van der Waals surface area contributed by atoms with Gasteiger partial charge < -0.3 is 5.32 Å². The molecule has 16 heavy (non-hydrogen) atoms. The number of amides is 1. The maximum atomic E-state index is 11.7. The Morgan fingerprint density at radius 3 is 2.44 bits per heavy atom. The molecule has 0 atom stereocenters. The summed E-state index contributed by atoms with van der Waals surface area (Å²) in [6.07, 6.45) is 0. The maximum absolute atomic E-state index is 11.7. The number of ketones is 1. The first kappa shape index (κ1) is 12.9. The van der Waals surface area contributed by atoms with Gasteiger partial charge in [-0.05, 0) is 25.5 Å². The van der Waals surface area contributed by atoms with Crippen LogP contribution in [0.15, 0.2) is 6.07 Å². The lowest BCUT2D eigenvalue weighted by Crippen LogP contribution is -2.31. The predicted molar refractivity (Wildman–Crippen MR) is 66.0 cm³/mol. The van der Waals surface area contributed by atoms with Gasteiger partial charge >= 0.3 is 0 Å². The molecule has 3 nitrogen and oxygen atoms in total. The van der Waals surface area contributed by atoms with Crippen LogP contribution in [0.2, 0.25) is 0 Å². The minimum absolute atomic E-state index is 0.0351. The van der Waals surface area contributed by atoms with Gasteiger partial charge in [-0.3, -0.25) is 9.59 Å². The van der Waals surface area contributed by atoms with E-state index < -0.39 is 0 Å². The van der Waals surface area contributed by atoms with Crippen molar-refractivity contribution in [1.82, 2.24) is 5.32 Å². The summed E-state index contributed by atoms with van der Waals surface area (Å²) in [5.74, 6) is -0.138. The minimum Gasteiger partial charge on any atom is -0.344 e. The molecular formula is C12H17NO2S. The fraction of sp³-hybridized carbons (Fsp3) is 0.500.